The average molecular weight is 239 g/mol. The molecule has 1 fully saturated rings. The van der Waals surface area contributed by atoms with Crippen molar-refractivity contribution in [3.8, 4) is 0 Å². The van der Waals surface area contributed by atoms with Crippen LogP contribution in [0.3, 0.4) is 0 Å². The van der Waals surface area contributed by atoms with E-state index in [1.54, 1.807) is 6.07 Å². The van der Waals surface area contributed by atoms with Gasteiger partial charge in [-0.05, 0) is 30.5 Å². The second-order valence-electron chi connectivity index (χ2n) is 4.33. The lowest BCUT2D eigenvalue weighted by Crippen LogP contribution is -2.32. The van der Waals surface area contributed by atoms with Crippen LogP contribution in [0, 0.1) is 5.82 Å². The van der Waals surface area contributed by atoms with Crippen molar-refractivity contribution in [1.82, 2.24) is 5.32 Å². The molecular formula is C13H18FNO2. The van der Waals surface area contributed by atoms with Crippen LogP contribution in [0.4, 0.5) is 4.39 Å². The van der Waals surface area contributed by atoms with Gasteiger partial charge < -0.3 is 15.2 Å². The summed E-state index contributed by atoms with van der Waals surface area (Å²) in [6.07, 6.45) is 2.36. The molecule has 0 aromatic heterocycles. The topological polar surface area (TPSA) is 41.5 Å². The van der Waals surface area contributed by atoms with Crippen LogP contribution in [-0.4, -0.2) is 31.0 Å². The molecule has 1 aromatic carbocycles. The van der Waals surface area contributed by atoms with Crippen LogP contribution in [0.25, 0.3) is 0 Å². The minimum absolute atomic E-state index is 0.0455. The summed E-state index contributed by atoms with van der Waals surface area (Å²) >= 11 is 0. The molecule has 0 aliphatic carbocycles. The number of aliphatic hydroxyl groups is 1. The first kappa shape index (κ1) is 12.5. The van der Waals surface area contributed by atoms with E-state index in [1.807, 2.05) is 6.07 Å². The van der Waals surface area contributed by atoms with E-state index >= 15 is 0 Å². The lowest BCUT2D eigenvalue weighted by atomic mass is 10.1. The molecule has 2 N–H and O–H groups in total. The number of aliphatic hydroxyl groups excluding tert-OH is 1. The summed E-state index contributed by atoms with van der Waals surface area (Å²) in [7, 11) is 0. The zero-order valence-corrected chi connectivity index (χ0v) is 9.73. The molecule has 0 bridgehead atoms. The van der Waals surface area contributed by atoms with Crippen LogP contribution in [0.2, 0.25) is 0 Å². The zero-order chi connectivity index (χ0) is 12.1. The van der Waals surface area contributed by atoms with Gasteiger partial charge >= 0.3 is 0 Å². The summed E-state index contributed by atoms with van der Waals surface area (Å²) in [6, 6.07) is 6.09. The molecule has 2 atom stereocenters. The minimum Gasteiger partial charge on any atom is -0.394 e. The van der Waals surface area contributed by atoms with Crippen molar-refractivity contribution in [2.24, 2.45) is 0 Å². The largest absolute Gasteiger partial charge is 0.394 e. The Hall–Kier alpha value is -0.970. The van der Waals surface area contributed by atoms with Crippen molar-refractivity contribution in [3.63, 3.8) is 0 Å². The van der Waals surface area contributed by atoms with E-state index in [1.165, 1.54) is 12.1 Å². The Balaban J connectivity index is 1.91. The maximum absolute atomic E-state index is 13.1. The molecule has 2 unspecified atom stereocenters. The van der Waals surface area contributed by atoms with Gasteiger partial charge in [-0.25, -0.2) is 4.39 Å². The molecule has 1 aromatic rings. The van der Waals surface area contributed by atoms with Gasteiger partial charge in [0.25, 0.3) is 0 Å². The number of hydrogen-bond acceptors (Lipinski definition) is 3. The number of benzene rings is 1. The third kappa shape index (κ3) is 3.49. The Labute approximate surface area is 101 Å². The lowest BCUT2D eigenvalue weighted by Gasteiger charge is -2.19. The second kappa shape index (κ2) is 6.10. The van der Waals surface area contributed by atoms with Crippen LogP contribution in [0.15, 0.2) is 24.3 Å². The van der Waals surface area contributed by atoms with Crippen LogP contribution in [0.5, 0.6) is 0 Å². The highest BCUT2D eigenvalue weighted by Crippen LogP contribution is 2.16. The van der Waals surface area contributed by atoms with Crippen molar-refractivity contribution < 1.29 is 14.2 Å². The van der Waals surface area contributed by atoms with Crippen molar-refractivity contribution in [2.45, 2.75) is 25.0 Å². The highest BCUT2D eigenvalue weighted by atomic mass is 19.1. The number of rotatable bonds is 5. The Morgan fingerprint density at radius 3 is 3.06 bits per heavy atom. The van der Waals surface area contributed by atoms with E-state index in [9.17, 15) is 9.50 Å². The van der Waals surface area contributed by atoms with E-state index in [-0.39, 0.29) is 24.6 Å². The van der Waals surface area contributed by atoms with Gasteiger partial charge in [0.05, 0.1) is 18.8 Å². The van der Waals surface area contributed by atoms with Crippen LogP contribution in [0.1, 0.15) is 24.4 Å². The standard InChI is InChI=1S/C13H18FNO2/c14-11-4-1-3-10(7-11)13(9-16)15-8-12-5-2-6-17-12/h1,3-4,7,12-13,15-16H,2,5-6,8-9H2. The fraction of sp³-hybridized carbons (Fsp3) is 0.538. The first-order valence-corrected chi connectivity index (χ1v) is 6.01. The first-order chi connectivity index (χ1) is 8.29. The molecular weight excluding hydrogens is 221 g/mol. The van der Waals surface area contributed by atoms with Gasteiger partial charge in [0, 0.05) is 13.2 Å². The number of nitrogens with one attached hydrogen (secondary N) is 1. The Kier molecular flexibility index (Phi) is 4.48. The second-order valence-corrected chi connectivity index (χ2v) is 4.33. The minimum atomic E-state index is -0.278. The third-order valence-electron chi connectivity index (χ3n) is 3.05. The van der Waals surface area contributed by atoms with E-state index < -0.39 is 0 Å². The van der Waals surface area contributed by atoms with E-state index in [4.69, 9.17) is 4.74 Å². The molecule has 0 amide bonds. The zero-order valence-electron chi connectivity index (χ0n) is 9.73. The smallest absolute Gasteiger partial charge is 0.123 e. The predicted octanol–water partition coefficient (Wildman–Crippen LogP) is 1.63. The highest BCUT2D eigenvalue weighted by Gasteiger charge is 2.18. The number of ether oxygens (including phenoxy) is 1. The molecule has 17 heavy (non-hydrogen) atoms. The molecule has 0 saturated carbocycles. The van der Waals surface area contributed by atoms with Gasteiger partial charge in [-0.2, -0.15) is 0 Å². The van der Waals surface area contributed by atoms with Crippen LogP contribution >= 0.6 is 0 Å². The monoisotopic (exact) mass is 239 g/mol. The van der Waals surface area contributed by atoms with E-state index in [2.05, 4.69) is 5.32 Å². The van der Waals surface area contributed by atoms with Crippen LogP contribution < -0.4 is 5.32 Å². The Morgan fingerprint density at radius 1 is 1.53 bits per heavy atom. The quantitative estimate of drug-likeness (QED) is 0.820. The van der Waals surface area contributed by atoms with Crippen molar-refractivity contribution >= 4 is 0 Å². The molecule has 2 rings (SSSR count). The maximum Gasteiger partial charge on any atom is 0.123 e. The fourth-order valence-corrected chi connectivity index (χ4v) is 2.09. The van der Waals surface area contributed by atoms with Crippen molar-refractivity contribution in [3.05, 3.63) is 35.6 Å². The Bertz CT molecular complexity index is 353. The van der Waals surface area contributed by atoms with Gasteiger partial charge in [0.2, 0.25) is 0 Å². The lowest BCUT2D eigenvalue weighted by molar-refractivity contribution is 0.104. The third-order valence-corrected chi connectivity index (χ3v) is 3.05. The van der Waals surface area contributed by atoms with Crippen LogP contribution in [-0.2, 0) is 4.74 Å². The average Bonchev–Trinajstić information content (AvgIpc) is 2.83. The summed E-state index contributed by atoms with van der Waals surface area (Å²) < 4.78 is 18.6. The van der Waals surface area contributed by atoms with Crippen molar-refractivity contribution in [2.75, 3.05) is 19.8 Å². The molecule has 94 valence electrons. The SMILES string of the molecule is OCC(NCC1CCCO1)c1cccc(F)c1. The molecule has 1 aliphatic heterocycles. The normalized spacial score (nSPS) is 21.6. The molecule has 1 saturated heterocycles. The highest BCUT2D eigenvalue weighted by molar-refractivity contribution is 5.20. The van der Waals surface area contributed by atoms with Gasteiger partial charge in [-0.1, -0.05) is 12.1 Å². The molecule has 0 spiro atoms. The van der Waals surface area contributed by atoms with E-state index in [0.29, 0.717) is 6.54 Å². The summed E-state index contributed by atoms with van der Waals surface area (Å²) in [5.41, 5.74) is 0.769. The molecule has 4 heteroatoms. The molecule has 3 nitrogen and oxygen atoms in total. The number of halogens is 1. The summed E-state index contributed by atoms with van der Waals surface area (Å²) in [6.45, 7) is 1.47. The summed E-state index contributed by atoms with van der Waals surface area (Å²) in [4.78, 5) is 0. The first-order valence-electron chi connectivity index (χ1n) is 6.01. The molecule has 1 heterocycles. The molecule has 1 aliphatic rings. The summed E-state index contributed by atoms with van der Waals surface area (Å²) in [5.74, 6) is -0.278. The van der Waals surface area contributed by atoms with Crippen molar-refractivity contribution in [1.29, 1.82) is 0 Å². The maximum atomic E-state index is 13.1. The van der Waals surface area contributed by atoms with E-state index in [0.717, 1.165) is 25.0 Å². The summed E-state index contributed by atoms with van der Waals surface area (Å²) in [5, 5.41) is 12.5. The van der Waals surface area contributed by atoms with Gasteiger partial charge in [0.15, 0.2) is 0 Å². The number of hydrogen-bond donors (Lipinski definition) is 2. The predicted molar refractivity (Wildman–Crippen MR) is 63.2 cm³/mol. The Morgan fingerprint density at radius 2 is 2.41 bits per heavy atom. The molecule has 0 radical (unpaired) electrons. The van der Waals surface area contributed by atoms with Gasteiger partial charge in [-0.3, -0.25) is 0 Å². The van der Waals surface area contributed by atoms with Gasteiger partial charge in [0.1, 0.15) is 5.82 Å². The fourth-order valence-electron chi connectivity index (χ4n) is 2.09. The van der Waals surface area contributed by atoms with Gasteiger partial charge in [-0.15, -0.1) is 0 Å².